The first-order chi connectivity index (χ1) is 10.8. The van der Waals surface area contributed by atoms with Gasteiger partial charge in [0.15, 0.2) is 0 Å². The lowest BCUT2D eigenvalue weighted by Crippen LogP contribution is -2.43. The van der Waals surface area contributed by atoms with Gasteiger partial charge in [0, 0.05) is 19.1 Å². The van der Waals surface area contributed by atoms with Crippen LogP contribution >= 0.6 is 0 Å². The molecular formula is C20H23NO. The van der Waals surface area contributed by atoms with Crippen molar-refractivity contribution in [3.05, 3.63) is 60.2 Å². The SMILES string of the molecule is OC1(c2ccccc2-c2ccccc2)CCN(C2CC2)CC1. The molecule has 0 unspecified atom stereocenters. The maximum Gasteiger partial charge on any atom is 0.0926 e. The number of likely N-dealkylation sites (tertiary alicyclic amines) is 1. The van der Waals surface area contributed by atoms with E-state index in [0.717, 1.165) is 37.5 Å². The third-order valence-corrected chi connectivity index (χ3v) is 5.20. The summed E-state index contributed by atoms with van der Waals surface area (Å²) in [6.45, 7) is 2.04. The average Bonchev–Trinajstić information content (AvgIpc) is 3.41. The van der Waals surface area contributed by atoms with Crippen LogP contribution in [0.5, 0.6) is 0 Å². The van der Waals surface area contributed by atoms with Crippen LogP contribution in [0.25, 0.3) is 11.1 Å². The summed E-state index contributed by atoms with van der Waals surface area (Å²) in [6, 6.07) is 19.6. The van der Waals surface area contributed by atoms with Crippen molar-refractivity contribution in [3.8, 4) is 11.1 Å². The van der Waals surface area contributed by atoms with Crippen molar-refractivity contribution < 1.29 is 5.11 Å². The van der Waals surface area contributed by atoms with E-state index in [1.807, 2.05) is 12.1 Å². The highest BCUT2D eigenvalue weighted by Crippen LogP contribution is 2.40. The monoisotopic (exact) mass is 293 g/mol. The molecule has 2 aromatic rings. The lowest BCUT2D eigenvalue weighted by molar-refractivity contribution is -0.0272. The van der Waals surface area contributed by atoms with Crippen molar-refractivity contribution in [1.82, 2.24) is 4.90 Å². The van der Waals surface area contributed by atoms with Crippen LogP contribution in [0.1, 0.15) is 31.2 Å². The molecule has 1 aliphatic carbocycles. The first-order valence-electron chi connectivity index (χ1n) is 8.38. The summed E-state index contributed by atoms with van der Waals surface area (Å²) in [4.78, 5) is 2.56. The molecule has 0 radical (unpaired) electrons. The number of benzene rings is 2. The fraction of sp³-hybridized carbons (Fsp3) is 0.400. The van der Waals surface area contributed by atoms with Gasteiger partial charge >= 0.3 is 0 Å². The van der Waals surface area contributed by atoms with Crippen molar-refractivity contribution in [1.29, 1.82) is 0 Å². The molecule has 0 bridgehead atoms. The van der Waals surface area contributed by atoms with Gasteiger partial charge in [-0.05, 0) is 42.4 Å². The van der Waals surface area contributed by atoms with Gasteiger partial charge in [-0.1, -0.05) is 54.6 Å². The van der Waals surface area contributed by atoms with Gasteiger partial charge in [-0.3, -0.25) is 0 Å². The van der Waals surface area contributed by atoms with Gasteiger partial charge in [0.1, 0.15) is 0 Å². The Hall–Kier alpha value is -1.64. The molecule has 1 saturated heterocycles. The molecule has 1 N–H and O–H groups in total. The van der Waals surface area contributed by atoms with Gasteiger partial charge in [-0.15, -0.1) is 0 Å². The fourth-order valence-electron chi connectivity index (χ4n) is 3.73. The van der Waals surface area contributed by atoms with Gasteiger partial charge in [-0.2, -0.15) is 0 Å². The van der Waals surface area contributed by atoms with E-state index < -0.39 is 5.60 Å². The minimum Gasteiger partial charge on any atom is -0.385 e. The Morgan fingerprint density at radius 2 is 1.50 bits per heavy atom. The zero-order valence-electron chi connectivity index (χ0n) is 12.9. The zero-order valence-corrected chi connectivity index (χ0v) is 12.9. The number of hydrogen-bond acceptors (Lipinski definition) is 2. The Morgan fingerprint density at radius 3 is 2.18 bits per heavy atom. The molecule has 0 amide bonds. The third-order valence-electron chi connectivity index (χ3n) is 5.20. The van der Waals surface area contributed by atoms with Crippen molar-refractivity contribution >= 4 is 0 Å². The third kappa shape index (κ3) is 2.57. The molecule has 0 spiro atoms. The molecular weight excluding hydrogens is 270 g/mol. The number of rotatable bonds is 3. The van der Waals surface area contributed by atoms with E-state index in [0.29, 0.717) is 0 Å². The van der Waals surface area contributed by atoms with Crippen molar-refractivity contribution in [2.45, 2.75) is 37.3 Å². The number of piperidine rings is 1. The Kier molecular flexibility index (Phi) is 3.51. The van der Waals surface area contributed by atoms with E-state index in [-0.39, 0.29) is 0 Å². The van der Waals surface area contributed by atoms with Crippen molar-refractivity contribution in [2.24, 2.45) is 0 Å². The van der Waals surface area contributed by atoms with Gasteiger partial charge in [0.05, 0.1) is 5.60 Å². The molecule has 2 aromatic carbocycles. The second-order valence-electron chi connectivity index (χ2n) is 6.71. The topological polar surface area (TPSA) is 23.5 Å². The quantitative estimate of drug-likeness (QED) is 0.930. The van der Waals surface area contributed by atoms with Crippen molar-refractivity contribution in [2.75, 3.05) is 13.1 Å². The Balaban J connectivity index is 1.65. The van der Waals surface area contributed by atoms with E-state index in [1.165, 1.54) is 24.0 Å². The summed E-state index contributed by atoms with van der Waals surface area (Å²) in [6.07, 6.45) is 4.37. The van der Waals surface area contributed by atoms with E-state index in [9.17, 15) is 5.11 Å². The number of hydrogen-bond donors (Lipinski definition) is 1. The van der Waals surface area contributed by atoms with Crippen LogP contribution in [0, 0.1) is 0 Å². The highest BCUT2D eigenvalue weighted by Gasteiger charge is 2.39. The van der Waals surface area contributed by atoms with E-state index in [1.54, 1.807) is 0 Å². The van der Waals surface area contributed by atoms with Crippen LogP contribution in [0.2, 0.25) is 0 Å². The van der Waals surface area contributed by atoms with Gasteiger partial charge in [0.2, 0.25) is 0 Å². The first kappa shape index (κ1) is 14.0. The normalized spacial score (nSPS) is 21.7. The van der Waals surface area contributed by atoms with E-state index in [2.05, 4.69) is 47.4 Å². The Bertz CT molecular complexity index is 640. The molecule has 1 saturated carbocycles. The molecule has 0 aromatic heterocycles. The predicted octanol–water partition coefficient (Wildman–Crippen LogP) is 3.80. The zero-order chi connectivity index (χ0) is 15.0. The highest BCUT2D eigenvalue weighted by atomic mass is 16.3. The number of nitrogens with zero attached hydrogens (tertiary/aromatic N) is 1. The molecule has 1 aliphatic heterocycles. The maximum atomic E-state index is 11.3. The fourth-order valence-corrected chi connectivity index (χ4v) is 3.73. The van der Waals surface area contributed by atoms with Crippen LogP contribution in [0.15, 0.2) is 54.6 Å². The first-order valence-corrected chi connectivity index (χ1v) is 8.38. The molecule has 22 heavy (non-hydrogen) atoms. The molecule has 0 atom stereocenters. The smallest absolute Gasteiger partial charge is 0.0926 e. The van der Waals surface area contributed by atoms with Crippen LogP contribution in [-0.4, -0.2) is 29.1 Å². The largest absolute Gasteiger partial charge is 0.385 e. The molecule has 2 aliphatic rings. The maximum absolute atomic E-state index is 11.3. The standard InChI is InChI=1S/C20H23NO/c22-20(12-14-21(15-13-20)17-10-11-17)19-9-5-4-8-18(19)16-6-2-1-3-7-16/h1-9,17,22H,10-15H2. The minimum atomic E-state index is -0.683. The molecule has 2 heteroatoms. The second-order valence-corrected chi connectivity index (χ2v) is 6.71. The van der Waals surface area contributed by atoms with Crippen LogP contribution < -0.4 is 0 Å². The predicted molar refractivity (Wildman–Crippen MR) is 89.6 cm³/mol. The molecule has 1 heterocycles. The van der Waals surface area contributed by atoms with Crippen LogP contribution in [-0.2, 0) is 5.60 Å². The van der Waals surface area contributed by atoms with Gasteiger partial charge in [0.25, 0.3) is 0 Å². The minimum absolute atomic E-state index is 0.683. The summed E-state index contributed by atoms with van der Waals surface area (Å²) in [5.41, 5.74) is 2.77. The number of aliphatic hydroxyl groups is 1. The molecule has 2 nitrogen and oxygen atoms in total. The lowest BCUT2D eigenvalue weighted by atomic mass is 9.80. The summed E-state index contributed by atoms with van der Waals surface area (Å²) >= 11 is 0. The molecule has 114 valence electrons. The average molecular weight is 293 g/mol. The van der Waals surface area contributed by atoms with Crippen molar-refractivity contribution in [3.63, 3.8) is 0 Å². The summed E-state index contributed by atoms with van der Waals surface area (Å²) in [5.74, 6) is 0. The molecule has 4 rings (SSSR count). The Labute approximate surface area is 132 Å². The van der Waals surface area contributed by atoms with Gasteiger partial charge in [-0.25, -0.2) is 0 Å². The Morgan fingerprint density at radius 1 is 0.864 bits per heavy atom. The van der Waals surface area contributed by atoms with Gasteiger partial charge < -0.3 is 10.0 Å². The van der Waals surface area contributed by atoms with Crippen LogP contribution in [0.4, 0.5) is 0 Å². The highest BCUT2D eigenvalue weighted by molar-refractivity contribution is 5.68. The second kappa shape index (κ2) is 5.53. The summed E-state index contributed by atoms with van der Waals surface area (Å²) < 4.78 is 0. The van der Waals surface area contributed by atoms with E-state index in [4.69, 9.17) is 0 Å². The molecule has 2 fully saturated rings. The lowest BCUT2D eigenvalue weighted by Gasteiger charge is -2.39. The van der Waals surface area contributed by atoms with E-state index >= 15 is 0 Å². The van der Waals surface area contributed by atoms with Crippen LogP contribution in [0.3, 0.4) is 0 Å². The summed E-state index contributed by atoms with van der Waals surface area (Å²) in [5, 5.41) is 11.3. The summed E-state index contributed by atoms with van der Waals surface area (Å²) in [7, 11) is 0.